The molecule has 188 valence electrons. The van der Waals surface area contributed by atoms with Gasteiger partial charge < -0.3 is 14.4 Å². The second kappa shape index (κ2) is 9.96. The Labute approximate surface area is 216 Å². The number of nitrogens with one attached hydrogen (secondary N) is 1. The summed E-state index contributed by atoms with van der Waals surface area (Å²) in [5, 5.41) is 8.17. The molecule has 4 atom stereocenters. The van der Waals surface area contributed by atoms with Gasteiger partial charge in [0.2, 0.25) is 0 Å². The number of hydrogen-bond donors (Lipinski definition) is 1. The van der Waals surface area contributed by atoms with Crippen molar-refractivity contribution in [1.82, 2.24) is 14.1 Å². The van der Waals surface area contributed by atoms with E-state index in [1.807, 2.05) is 12.1 Å². The van der Waals surface area contributed by atoms with Crippen LogP contribution in [0.3, 0.4) is 0 Å². The van der Waals surface area contributed by atoms with E-state index < -0.39 is 0 Å². The molecule has 2 saturated heterocycles. The third kappa shape index (κ3) is 4.95. The van der Waals surface area contributed by atoms with E-state index in [4.69, 9.17) is 16.3 Å². The third-order valence-corrected chi connectivity index (χ3v) is 9.83. The van der Waals surface area contributed by atoms with Gasteiger partial charge in [-0.3, -0.25) is 4.79 Å². The highest BCUT2D eigenvalue weighted by Crippen LogP contribution is 2.53. The fraction of sp³-hybridized carbons (Fsp3) is 0.615. The summed E-state index contributed by atoms with van der Waals surface area (Å²) < 4.78 is 12.2. The van der Waals surface area contributed by atoms with E-state index in [1.54, 1.807) is 10.9 Å². The first-order chi connectivity index (χ1) is 17.1. The van der Waals surface area contributed by atoms with Gasteiger partial charge in [-0.25, -0.2) is 8.99 Å². The Morgan fingerprint density at radius 3 is 2.69 bits per heavy atom. The molecule has 2 aliphatic heterocycles. The number of ether oxygens (including phenoxy) is 1. The summed E-state index contributed by atoms with van der Waals surface area (Å²) in [5.41, 5.74) is 1.71. The quantitative estimate of drug-likeness (QED) is 0.511. The molecule has 35 heavy (non-hydrogen) atoms. The van der Waals surface area contributed by atoms with E-state index in [-0.39, 0.29) is 16.6 Å². The molecule has 6 rings (SSSR count). The van der Waals surface area contributed by atoms with Crippen molar-refractivity contribution in [3.63, 3.8) is 0 Å². The first-order valence-corrected chi connectivity index (χ1v) is 14.1. The Bertz CT molecular complexity index is 1090. The molecular weight excluding hydrogens is 482 g/mol. The van der Waals surface area contributed by atoms with Crippen LogP contribution in [-0.2, 0) is 4.74 Å². The topological polar surface area (TPSA) is 62.6 Å². The van der Waals surface area contributed by atoms with E-state index in [0.29, 0.717) is 23.6 Å². The monoisotopic (exact) mass is 515 g/mol. The predicted octanol–water partition coefficient (Wildman–Crippen LogP) is 4.71. The van der Waals surface area contributed by atoms with Crippen LogP contribution in [0.4, 0.5) is 11.4 Å². The summed E-state index contributed by atoms with van der Waals surface area (Å²) in [7, 11) is 0. The standard InChI is InChI=1S/C26H34ClN5O2S/c1-17-22-16-34-15-18(24(17)22)13-28-23-14-29-31(26(33)25(23)27)19-9-11-30(12-10-19)35-32(21-7-8-21)20-5-3-2-4-6-20/h2-6,14,17-19,21-22,24,28H,7-13,15-16H2,1H3. The minimum Gasteiger partial charge on any atom is -0.382 e. The van der Waals surface area contributed by atoms with Crippen molar-refractivity contribution in [1.29, 1.82) is 0 Å². The van der Waals surface area contributed by atoms with E-state index in [2.05, 4.69) is 56.3 Å². The van der Waals surface area contributed by atoms with Crippen molar-refractivity contribution in [2.24, 2.45) is 23.7 Å². The fourth-order valence-electron chi connectivity index (χ4n) is 5.85. The number of fused-ring (bicyclic) bond motifs is 1. The van der Waals surface area contributed by atoms with E-state index >= 15 is 0 Å². The molecule has 4 aliphatic rings. The van der Waals surface area contributed by atoms with Crippen molar-refractivity contribution in [2.75, 3.05) is 42.5 Å². The molecule has 7 nitrogen and oxygen atoms in total. The normalized spacial score (nSPS) is 29.0. The van der Waals surface area contributed by atoms with Gasteiger partial charge in [0.1, 0.15) is 5.02 Å². The van der Waals surface area contributed by atoms with Crippen molar-refractivity contribution in [3.05, 3.63) is 51.9 Å². The van der Waals surface area contributed by atoms with Crippen LogP contribution in [0.2, 0.25) is 5.02 Å². The van der Waals surface area contributed by atoms with Crippen LogP contribution < -0.4 is 15.2 Å². The Morgan fingerprint density at radius 2 is 1.94 bits per heavy atom. The molecule has 2 aromatic rings. The van der Waals surface area contributed by atoms with Crippen LogP contribution >= 0.6 is 23.7 Å². The number of benzene rings is 1. The van der Waals surface area contributed by atoms with Crippen LogP contribution in [0.15, 0.2) is 41.3 Å². The second-order valence-electron chi connectivity index (χ2n) is 10.5. The molecule has 0 spiro atoms. The van der Waals surface area contributed by atoms with Crippen molar-refractivity contribution in [3.8, 4) is 0 Å². The zero-order valence-electron chi connectivity index (χ0n) is 20.2. The number of hydrogen-bond acceptors (Lipinski definition) is 7. The molecule has 0 amide bonds. The molecule has 3 heterocycles. The van der Waals surface area contributed by atoms with Gasteiger partial charge in [-0.2, -0.15) is 5.10 Å². The van der Waals surface area contributed by atoms with E-state index in [9.17, 15) is 4.79 Å². The van der Waals surface area contributed by atoms with Gasteiger partial charge in [0.15, 0.2) is 0 Å². The first-order valence-electron chi connectivity index (χ1n) is 13.0. The lowest BCUT2D eigenvalue weighted by atomic mass is 10.0. The molecule has 1 N–H and O–H groups in total. The lowest BCUT2D eigenvalue weighted by molar-refractivity contribution is 0.0516. The summed E-state index contributed by atoms with van der Waals surface area (Å²) in [6.07, 6.45) is 6.01. The number of halogens is 1. The molecule has 0 radical (unpaired) electrons. The van der Waals surface area contributed by atoms with Gasteiger partial charge in [0.05, 0.1) is 24.5 Å². The number of aromatic nitrogens is 2. The van der Waals surface area contributed by atoms with Crippen LogP contribution in [0, 0.1) is 23.7 Å². The van der Waals surface area contributed by atoms with Gasteiger partial charge in [-0.1, -0.05) is 36.7 Å². The molecular formula is C26H34ClN5O2S. The van der Waals surface area contributed by atoms with Gasteiger partial charge in [0.25, 0.3) is 5.56 Å². The predicted molar refractivity (Wildman–Crippen MR) is 142 cm³/mol. The number of para-hydroxylation sites is 1. The van der Waals surface area contributed by atoms with Crippen LogP contribution in [0.25, 0.3) is 0 Å². The number of anilines is 2. The Kier molecular flexibility index (Phi) is 6.73. The molecule has 4 fully saturated rings. The lowest BCUT2D eigenvalue weighted by Gasteiger charge is -2.35. The smallest absolute Gasteiger partial charge is 0.287 e. The Hall–Kier alpha value is -1.74. The zero-order chi connectivity index (χ0) is 23.9. The zero-order valence-corrected chi connectivity index (χ0v) is 21.8. The minimum atomic E-state index is -0.191. The van der Waals surface area contributed by atoms with Crippen LogP contribution in [-0.4, -0.2) is 53.0 Å². The van der Waals surface area contributed by atoms with Gasteiger partial charge in [0, 0.05) is 56.0 Å². The second-order valence-corrected chi connectivity index (χ2v) is 12.0. The van der Waals surface area contributed by atoms with Gasteiger partial charge in [-0.05, 0) is 55.6 Å². The van der Waals surface area contributed by atoms with Crippen molar-refractivity contribution < 1.29 is 4.74 Å². The van der Waals surface area contributed by atoms with Crippen molar-refractivity contribution in [2.45, 2.75) is 44.7 Å². The number of nitrogens with zero attached hydrogens (tertiary/aromatic N) is 4. The SMILES string of the molecule is CC1C2COCC(CNc3cnn(C4CCN(SN(c5ccccc5)C5CC5)CC4)c(=O)c3Cl)C12. The van der Waals surface area contributed by atoms with E-state index in [0.717, 1.165) is 57.5 Å². The summed E-state index contributed by atoms with van der Waals surface area (Å²) in [6, 6.07) is 11.3. The van der Waals surface area contributed by atoms with Crippen LogP contribution in [0.1, 0.15) is 38.6 Å². The highest BCUT2D eigenvalue weighted by atomic mass is 35.5. The summed E-state index contributed by atoms with van der Waals surface area (Å²) in [4.78, 5) is 13.1. The number of piperidine rings is 1. The number of rotatable bonds is 8. The minimum absolute atomic E-state index is 0.0804. The highest BCUT2D eigenvalue weighted by Gasteiger charge is 2.53. The fourth-order valence-corrected chi connectivity index (χ4v) is 7.24. The molecule has 2 aliphatic carbocycles. The Balaban J connectivity index is 1.05. The Morgan fingerprint density at radius 1 is 1.17 bits per heavy atom. The maximum atomic E-state index is 13.1. The average Bonchev–Trinajstić information content (AvgIpc) is 3.83. The highest BCUT2D eigenvalue weighted by molar-refractivity contribution is 7.98. The first kappa shape index (κ1) is 23.6. The molecule has 4 unspecified atom stereocenters. The summed E-state index contributed by atoms with van der Waals surface area (Å²) in [6.45, 7) is 6.58. The molecule has 0 bridgehead atoms. The third-order valence-electron chi connectivity index (χ3n) is 8.18. The van der Waals surface area contributed by atoms with Crippen LogP contribution in [0.5, 0.6) is 0 Å². The molecule has 1 aromatic carbocycles. The maximum absolute atomic E-state index is 13.1. The van der Waals surface area contributed by atoms with Gasteiger partial charge >= 0.3 is 0 Å². The molecule has 1 aromatic heterocycles. The lowest BCUT2D eigenvalue weighted by Crippen LogP contribution is -2.38. The summed E-state index contributed by atoms with van der Waals surface area (Å²) >= 11 is 8.36. The largest absolute Gasteiger partial charge is 0.382 e. The van der Waals surface area contributed by atoms with Gasteiger partial charge in [-0.15, -0.1) is 0 Å². The average molecular weight is 516 g/mol. The molecule has 2 saturated carbocycles. The van der Waals surface area contributed by atoms with E-state index in [1.165, 1.54) is 18.5 Å². The summed E-state index contributed by atoms with van der Waals surface area (Å²) in [5.74, 6) is 2.63. The van der Waals surface area contributed by atoms with Crippen molar-refractivity contribution >= 4 is 35.1 Å². The molecule has 9 heteroatoms. The maximum Gasteiger partial charge on any atom is 0.287 e.